The van der Waals surface area contributed by atoms with Gasteiger partial charge in [-0.2, -0.15) is 0 Å². The summed E-state index contributed by atoms with van der Waals surface area (Å²) in [4.78, 5) is 29.2. The van der Waals surface area contributed by atoms with E-state index in [9.17, 15) is 9.59 Å². The lowest BCUT2D eigenvalue weighted by atomic mass is 10.1. The fraction of sp³-hybridized carbons (Fsp3) is 0.440. The first kappa shape index (κ1) is 21.5. The Hall–Kier alpha value is -2.70. The number of quaternary nitrogens is 2. The third kappa shape index (κ3) is 5.93. The van der Waals surface area contributed by atoms with E-state index in [1.807, 2.05) is 29.2 Å². The molecule has 6 heteroatoms. The Bertz CT molecular complexity index is 904. The summed E-state index contributed by atoms with van der Waals surface area (Å²) < 4.78 is 0. The molecular weight excluding hydrogens is 388 g/mol. The van der Waals surface area contributed by atoms with Crippen LogP contribution in [-0.4, -0.2) is 51.1 Å². The summed E-state index contributed by atoms with van der Waals surface area (Å²) in [5.74, 6) is 0.243. The van der Waals surface area contributed by atoms with Gasteiger partial charge in [0.25, 0.3) is 0 Å². The lowest BCUT2D eigenvalue weighted by Gasteiger charge is -2.29. The van der Waals surface area contributed by atoms with Gasteiger partial charge in [0.05, 0.1) is 13.0 Å². The van der Waals surface area contributed by atoms with Crippen molar-refractivity contribution in [2.45, 2.75) is 32.7 Å². The van der Waals surface area contributed by atoms with Gasteiger partial charge in [-0.15, -0.1) is 0 Å². The zero-order chi connectivity index (χ0) is 21.6. The largest absolute Gasteiger partial charge is 0.326 e. The number of anilines is 2. The van der Waals surface area contributed by atoms with E-state index in [1.165, 1.54) is 16.0 Å². The van der Waals surface area contributed by atoms with E-state index < -0.39 is 0 Å². The molecule has 0 aromatic heterocycles. The first-order chi connectivity index (χ1) is 15.1. The Morgan fingerprint density at radius 1 is 1.03 bits per heavy atom. The van der Waals surface area contributed by atoms with Crippen molar-refractivity contribution in [3.63, 3.8) is 0 Å². The van der Waals surface area contributed by atoms with E-state index in [0.29, 0.717) is 12.8 Å². The van der Waals surface area contributed by atoms with E-state index in [4.69, 9.17) is 0 Å². The van der Waals surface area contributed by atoms with Gasteiger partial charge in [0.15, 0.2) is 0 Å². The van der Waals surface area contributed by atoms with Crippen molar-refractivity contribution in [2.24, 2.45) is 0 Å². The van der Waals surface area contributed by atoms with Crippen LogP contribution in [0, 0.1) is 6.92 Å². The van der Waals surface area contributed by atoms with Crippen molar-refractivity contribution < 1.29 is 19.4 Å². The molecule has 2 aliphatic rings. The Kier molecular flexibility index (Phi) is 6.99. The molecule has 2 heterocycles. The smallest absolute Gasteiger partial charge is 0.230 e. The number of piperazine rings is 1. The van der Waals surface area contributed by atoms with E-state index >= 15 is 0 Å². The highest BCUT2D eigenvalue weighted by molar-refractivity contribution is 5.96. The van der Waals surface area contributed by atoms with E-state index in [0.717, 1.165) is 63.6 Å². The van der Waals surface area contributed by atoms with Crippen molar-refractivity contribution in [3.05, 3.63) is 59.7 Å². The van der Waals surface area contributed by atoms with Crippen LogP contribution in [0.3, 0.4) is 0 Å². The second-order valence-corrected chi connectivity index (χ2v) is 8.91. The number of rotatable bonds is 7. The SMILES string of the molecule is Cc1cccc(C[NH+]2CC[NH+](CCC(=O)Nc3ccc(N4CCCC4=O)cc3)CC2)c1. The molecule has 0 bridgehead atoms. The summed E-state index contributed by atoms with van der Waals surface area (Å²) in [7, 11) is 0. The number of aryl methyl sites for hydroxylation is 1. The molecule has 2 aromatic carbocycles. The molecule has 2 aliphatic heterocycles. The highest BCUT2D eigenvalue weighted by Crippen LogP contribution is 2.23. The Balaban J connectivity index is 1.17. The molecule has 31 heavy (non-hydrogen) atoms. The van der Waals surface area contributed by atoms with Gasteiger partial charge in [0.1, 0.15) is 32.7 Å². The first-order valence-electron chi connectivity index (χ1n) is 11.5. The van der Waals surface area contributed by atoms with Gasteiger partial charge in [-0.05, 0) is 37.6 Å². The fourth-order valence-corrected chi connectivity index (χ4v) is 4.65. The standard InChI is InChI=1S/C25H32N4O2/c1-20-4-2-5-21(18-20)19-28-16-14-27(15-17-28)13-11-24(30)26-22-7-9-23(10-8-22)29-12-3-6-25(29)31/h2,4-5,7-10,18H,3,6,11-17,19H2,1H3,(H,26,30)/p+2. The molecule has 0 atom stereocenters. The summed E-state index contributed by atoms with van der Waals surface area (Å²) in [5.41, 5.74) is 4.45. The van der Waals surface area contributed by atoms with Crippen LogP contribution in [0.25, 0.3) is 0 Å². The molecule has 4 rings (SSSR count). The predicted octanol–water partition coefficient (Wildman–Crippen LogP) is 0.434. The van der Waals surface area contributed by atoms with Crippen LogP contribution in [-0.2, 0) is 16.1 Å². The number of hydrogen-bond acceptors (Lipinski definition) is 2. The van der Waals surface area contributed by atoms with Crippen LogP contribution in [0.1, 0.15) is 30.4 Å². The molecule has 164 valence electrons. The van der Waals surface area contributed by atoms with E-state index in [2.05, 4.69) is 36.5 Å². The highest BCUT2D eigenvalue weighted by atomic mass is 16.2. The van der Waals surface area contributed by atoms with Crippen molar-refractivity contribution in [3.8, 4) is 0 Å². The molecule has 2 amide bonds. The van der Waals surface area contributed by atoms with Crippen LogP contribution >= 0.6 is 0 Å². The summed E-state index contributed by atoms with van der Waals surface area (Å²) in [5, 5.41) is 3.00. The zero-order valence-electron chi connectivity index (χ0n) is 18.5. The van der Waals surface area contributed by atoms with Gasteiger partial charge in [-0.1, -0.05) is 29.8 Å². The number of benzene rings is 2. The number of carbonyl (C=O) groups excluding carboxylic acids is 2. The molecule has 3 N–H and O–H groups in total. The minimum Gasteiger partial charge on any atom is -0.326 e. The van der Waals surface area contributed by atoms with Crippen molar-refractivity contribution in [1.29, 1.82) is 0 Å². The Morgan fingerprint density at radius 3 is 2.45 bits per heavy atom. The minimum absolute atomic E-state index is 0.0621. The zero-order valence-corrected chi connectivity index (χ0v) is 18.5. The number of hydrogen-bond donors (Lipinski definition) is 3. The third-order valence-corrected chi connectivity index (χ3v) is 6.44. The molecule has 0 radical (unpaired) electrons. The van der Waals surface area contributed by atoms with Crippen LogP contribution in [0.15, 0.2) is 48.5 Å². The second kappa shape index (κ2) is 10.1. The molecule has 0 spiro atoms. The molecule has 0 unspecified atom stereocenters. The molecule has 2 saturated heterocycles. The maximum absolute atomic E-state index is 12.4. The number of amides is 2. The lowest BCUT2D eigenvalue weighted by Crippen LogP contribution is -3.27. The van der Waals surface area contributed by atoms with Gasteiger partial charge < -0.3 is 20.0 Å². The fourth-order valence-electron chi connectivity index (χ4n) is 4.65. The van der Waals surface area contributed by atoms with Gasteiger partial charge >= 0.3 is 0 Å². The summed E-state index contributed by atoms with van der Waals surface area (Å²) in [6.07, 6.45) is 2.08. The first-order valence-corrected chi connectivity index (χ1v) is 11.5. The highest BCUT2D eigenvalue weighted by Gasteiger charge is 2.24. The minimum atomic E-state index is 0.0621. The maximum atomic E-state index is 12.4. The Labute approximate surface area is 184 Å². The van der Waals surface area contributed by atoms with Gasteiger partial charge in [0.2, 0.25) is 11.8 Å². The third-order valence-electron chi connectivity index (χ3n) is 6.44. The maximum Gasteiger partial charge on any atom is 0.230 e. The normalized spacial score (nSPS) is 21.3. The number of nitrogens with zero attached hydrogens (tertiary/aromatic N) is 1. The van der Waals surface area contributed by atoms with Crippen LogP contribution in [0.2, 0.25) is 0 Å². The summed E-state index contributed by atoms with van der Waals surface area (Å²) >= 11 is 0. The van der Waals surface area contributed by atoms with Gasteiger partial charge in [-0.25, -0.2) is 0 Å². The monoisotopic (exact) mass is 422 g/mol. The van der Waals surface area contributed by atoms with E-state index in [-0.39, 0.29) is 11.8 Å². The summed E-state index contributed by atoms with van der Waals surface area (Å²) in [6.45, 7) is 9.45. The van der Waals surface area contributed by atoms with Gasteiger partial charge in [0, 0.05) is 29.9 Å². The predicted molar refractivity (Wildman–Crippen MR) is 122 cm³/mol. The van der Waals surface area contributed by atoms with Crippen molar-refractivity contribution in [2.75, 3.05) is 49.5 Å². The topological polar surface area (TPSA) is 58.3 Å². The number of nitrogens with one attached hydrogen (secondary N) is 3. The van der Waals surface area contributed by atoms with Crippen LogP contribution in [0.5, 0.6) is 0 Å². The average molecular weight is 423 g/mol. The molecule has 0 aliphatic carbocycles. The lowest BCUT2D eigenvalue weighted by molar-refractivity contribution is -1.02. The quantitative estimate of drug-likeness (QED) is 0.606. The second-order valence-electron chi connectivity index (χ2n) is 8.91. The van der Waals surface area contributed by atoms with Crippen molar-refractivity contribution in [1.82, 2.24) is 0 Å². The van der Waals surface area contributed by atoms with Crippen LogP contribution < -0.4 is 20.0 Å². The molecule has 6 nitrogen and oxygen atoms in total. The van der Waals surface area contributed by atoms with E-state index in [1.54, 1.807) is 4.90 Å². The molecule has 0 saturated carbocycles. The van der Waals surface area contributed by atoms with Gasteiger partial charge in [-0.3, -0.25) is 9.59 Å². The molecule has 2 fully saturated rings. The van der Waals surface area contributed by atoms with Crippen LogP contribution in [0.4, 0.5) is 11.4 Å². The van der Waals surface area contributed by atoms with Crippen molar-refractivity contribution >= 4 is 23.2 Å². The number of carbonyl (C=O) groups is 2. The Morgan fingerprint density at radius 2 is 1.77 bits per heavy atom. The molecular formula is C25H34N4O2+2. The average Bonchev–Trinajstić information content (AvgIpc) is 3.20. The molecule has 2 aromatic rings. The summed E-state index contributed by atoms with van der Waals surface area (Å²) in [6, 6.07) is 16.4.